The largest absolute Gasteiger partial charge is 0.395 e. The number of nitrogens with one attached hydrogen (secondary N) is 1. The summed E-state index contributed by atoms with van der Waals surface area (Å²) in [5, 5.41) is 17.8. The van der Waals surface area contributed by atoms with Crippen LogP contribution in [-0.4, -0.2) is 46.5 Å². The average molecular weight is 229 g/mol. The minimum absolute atomic E-state index is 0.0199. The number of aliphatic hydroxyl groups is 2. The Bertz CT molecular complexity index is 361. The van der Waals surface area contributed by atoms with Crippen LogP contribution in [-0.2, 0) is 0 Å². The van der Waals surface area contributed by atoms with Gasteiger partial charge in [-0.3, -0.25) is 0 Å². The van der Waals surface area contributed by atoms with Crippen LogP contribution in [0.1, 0.15) is 5.69 Å². The van der Waals surface area contributed by atoms with Crippen LogP contribution in [0, 0.1) is 11.7 Å². The predicted molar refractivity (Wildman–Crippen MR) is 60.5 cm³/mol. The lowest BCUT2D eigenvalue weighted by atomic mass is 10.4. The van der Waals surface area contributed by atoms with E-state index in [1.54, 1.807) is 4.90 Å². The van der Waals surface area contributed by atoms with Crippen molar-refractivity contribution in [3.8, 4) is 0 Å². The van der Waals surface area contributed by atoms with E-state index >= 15 is 0 Å². The van der Waals surface area contributed by atoms with Crippen molar-refractivity contribution < 1.29 is 10.2 Å². The normalized spacial score (nSPS) is 10.3. The molecule has 1 aromatic heterocycles. The van der Waals surface area contributed by atoms with Gasteiger partial charge in [0.1, 0.15) is 5.82 Å². The molecule has 0 unspecified atom stereocenters. The van der Waals surface area contributed by atoms with E-state index in [1.807, 2.05) is 13.0 Å². The van der Waals surface area contributed by atoms with Crippen molar-refractivity contribution in [1.82, 2.24) is 9.97 Å². The molecule has 0 saturated carbocycles. The van der Waals surface area contributed by atoms with Crippen LogP contribution in [0.2, 0.25) is 0 Å². The molecular formula is C9H15N3O2S. The van der Waals surface area contributed by atoms with Crippen molar-refractivity contribution in [3.05, 3.63) is 16.5 Å². The molecule has 0 spiro atoms. The molecular weight excluding hydrogens is 214 g/mol. The van der Waals surface area contributed by atoms with Crippen molar-refractivity contribution in [3.63, 3.8) is 0 Å². The number of aliphatic hydroxyl groups excluding tert-OH is 2. The molecule has 5 nitrogen and oxygen atoms in total. The highest BCUT2D eigenvalue weighted by Crippen LogP contribution is 2.10. The summed E-state index contributed by atoms with van der Waals surface area (Å²) in [5.41, 5.74) is 0.908. The smallest absolute Gasteiger partial charge is 0.198 e. The van der Waals surface area contributed by atoms with Gasteiger partial charge in [0, 0.05) is 18.8 Å². The van der Waals surface area contributed by atoms with Gasteiger partial charge in [0.25, 0.3) is 0 Å². The van der Waals surface area contributed by atoms with E-state index < -0.39 is 0 Å². The summed E-state index contributed by atoms with van der Waals surface area (Å²) in [4.78, 5) is 8.82. The molecule has 84 valence electrons. The Labute approximate surface area is 93.4 Å². The van der Waals surface area contributed by atoms with E-state index in [2.05, 4.69) is 9.97 Å². The van der Waals surface area contributed by atoms with E-state index in [1.165, 1.54) is 0 Å². The van der Waals surface area contributed by atoms with E-state index in [9.17, 15) is 0 Å². The zero-order valence-electron chi connectivity index (χ0n) is 8.60. The molecule has 0 aliphatic carbocycles. The van der Waals surface area contributed by atoms with Gasteiger partial charge in [-0.2, -0.15) is 0 Å². The van der Waals surface area contributed by atoms with Crippen molar-refractivity contribution in [2.75, 3.05) is 31.2 Å². The summed E-state index contributed by atoms with van der Waals surface area (Å²) >= 11 is 4.96. The SMILES string of the molecule is Cc1cc(N(CCO)CCO)nc(=S)[nH]1. The fourth-order valence-electron chi connectivity index (χ4n) is 1.31. The quantitative estimate of drug-likeness (QED) is 0.631. The Morgan fingerprint density at radius 3 is 2.47 bits per heavy atom. The number of rotatable bonds is 5. The van der Waals surface area contributed by atoms with Gasteiger partial charge in [-0.05, 0) is 25.2 Å². The van der Waals surface area contributed by atoms with Crippen LogP contribution in [0.3, 0.4) is 0 Å². The second-order valence-electron chi connectivity index (χ2n) is 3.16. The molecule has 0 amide bonds. The number of aryl methyl sites for hydroxylation is 1. The molecule has 0 saturated heterocycles. The first kappa shape index (κ1) is 12.1. The van der Waals surface area contributed by atoms with Crippen LogP contribution < -0.4 is 4.90 Å². The zero-order valence-corrected chi connectivity index (χ0v) is 9.42. The van der Waals surface area contributed by atoms with Crippen LogP contribution in [0.25, 0.3) is 0 Å². The molecule has 0 aromatic carbocycles. The second-order valence-corrected chi connectivity index (χ2v) is 3.55. The summed E-state index contributed by atoms with van der Waals surface area (Å²) in [7, 11) is 0. The summed E-state index contributed by atoms with van der Waals surface area (Å²) in [6.45, 7) is 2.80. The van der Waals surface area contributed by atoms with Crippen LogP contribution in [0.5, 0.6) is 0 Å². The predicted octanol–water partition coefficient (Wildman–Crippen LogP) is 0.239. The third kappa shape index (κ3) is 3.58. The number of nitrogens with zero attached hydrogens (tertiary/aromatic N) is 2. The molecule has 0 radical (unpaired) electrons. The van der Waals surface area contributed by atoms with Gasteiger partial charge in [-0.1, -0.05) is 0 Å². The molecule has 15 heavy (non-hydrogen) atoms. The molecule has 3 N–H and O–H groups in total. The molecule has 0 fully saturated rings. The summed E-state index contributed by atoms with van der Waals surface area (Å²) < 4.78 is 0.408. The van der Waals surface area contributed by atoms with Crippen LogP contribution in [0.15, 0.2) is 6.07 Å². The Kier molecular flexibility index (Phi) is 4.67. The topological polar surface area (TPSA) is 72.4 Å². The fourth-order valence-corrected chi connectivity index (χ4v) is 1.56. The third-order valence-corrected chi connectivity index (χ3v) is 2.12. The zero-order chi connectivity index (χ0) is 11.3. The number of aromatic nitrogens is 2. The van der Waals surface area contributed by atoms with Crippen LogP contribution in [0.4, 0.5) is 5.82 Å². The highest BCUT2D eigenvalue weighted by atomic mass is 32.1. The molecule has 1 heterocycles. The molecule has 0 atom stereocenters. The van der Waals surface area contributed by atoms with Gasteiger partial charge in [0.15, 0.2) is 4.77 Å². The third-order valence-electron chi connectivity index (χ3n) is 1.93. The number of H-pyrrole nitrogens is 1. The Balaban J connectivity index is 2.93. The summed E-state index contributed by atoms with van der Waals surface area (Å²) in [6.07, 6.45) is 0. The van der Waals surface area contributed by atoms with E-state index in [0.717, 1.165) is 5.69 Å². The molecule has 1 rings (SSSR count). The summed E-state index contributed by atoms with van der Waals surface area (Å²) in [5.74, 6) is 0.680. The molecule has 0 aliphatic heterocycles. The maximum atomic E-state index is 8.88. The van der Waals surface area contributed by atoms with E-state index in [-0.39, 0.29) is 13.2 Å². The highest BCUT2D eigenvalue weighted by molar-refractivity contribution is 7.71. The maximum absolute atomic E-state index is 8.88. The number of anilines is 1. The molecule has 1 aromatic rings. The van der Waals surface area contributed by atoms with E-state index in [0.29, 0.717) is 23.7 Å². The lowest BCUT2D eigenvalue weighted by Gasteiger charge is -2.21. The number of hydrogen-bond donors (Lipinski definition) is 3. The maximum Gasteiger partial charge on any atom is 0.198 e. The van der Waals surface area contributed by atoms with E-state index in [4.69, 9.17) is 22.4 Å². The van der Waals surface area contributed by atoms with Gasteiger partial charge < -0.3 is 20.1 Å². The minimum Gasteiger partial charge on any atom is -0.395 e. The highest BCUT2D eigenvalue weighted by Gasteiger charge is 2.07. The molecule has 0 aliphatic rings. The van der Waals surface area contributed by atoms with Crippen molar-refractivity contribution in [1.29, 1.82) is 0 Å². The van der Waals surface area contributed by atoms with Gasteiger partial charge in [-0.25, -0.2) is 4.98 Å². The lowest BCUT2D eigenvalue weighted by Crippen LogP contribution is -2.30. The van der Waals surface area contributed by atoms with Crippen molar-refractivity contribution >= 4 is 18.0 Å². The minimum atomic E-state index is 0.0199. The average Bonchev–Trinajstić information content (AvgIpc) is 2.16. The first-order chi connectivity index (χ1) is 7.17. The second kappa shape index (κ2) is 5.79. The van der Waals surface area contributed by atoms with Gasteiger partial charge in [0.05, 0.1) is 13.2 Å². The first-order valence-corrected chi connectivity index (χ1v) is 5.13. The van der Waals surface area contributed by atoms with Crippen molar-refractivity contribution in [2.24, 2.45) is 0 Å². The Morgan fingerprint density at radius 2 is 2.00 bits per heavy atom. The standard InChI is InChI=1S/C9H15N3O2S/c1-7-6-8(11-9(15)10-7)12(2-4-13)3-5-14/h6,13-14H,2-5H2,1H3,(H,10,11,15). The lowest BCUT2D eigenvalue weighted by molar-refractivity contribution is 0.280. The Hall–Kier alpha value is -0.980. The number of aromatic amines is 1. The first-order valence-electron chi connectivity index (χ1n) is 4.72. The van der Waals surface area contributed by atoms with Crippen LogP contribution >= 0.6 is 12.2 Å². The van der Waals surface area contributed by atoms with Gasteiger partial charge >= 0.3 is 0 Å². The molecule has 6 heteroatoms. The monoisotopic (exact) mass is 229 g/mol. The van der Waals surface area contributed by atoms with Gasteiger partial charge in [0.2, 0.25) is 0 Å². The Morgan fingerprint density at radius 1 is 1.40 bits per heavy atom. The van der Waals surface area contributed by atoms with Crippen molar-refractivity contribution in [2.45, 2.75) is 6.92 Å². The van der Waals surface area contributed by atoms with Gasteiger partial charge in [-0.15, -0.1) is 0 Å². The summed E-state index contributed by atoms with van der Waals surface area (Å²) in [6, 6.07) is 1.83. The number of hydrogen-bond acceptors (Lipinski definition) is 5. The molecule has 0 bridgehead atoms. The fraction of sp³-hybridized carbons (Fsp3) is 0.556.